The third-order valence-corrected chi connectivity index (χ3v) is 6.09. The van der Waals surface area contributed by atoms with Gasteiger partial charge in [0, 0.05) is 51.5 Å². The molecular formula is C27H28N4O2. The zero-order valence-electron chi connectivity index (χ0n) is 18.6. The maximum atomic E-state index is 12.8. The molecule has 4 aromatic rings. The molecule has 0 aliphatic carbocycles. The van der Waals surface area contributed by atoms with Crippen LogP contribution >= 0.6 is 0 Å². The van der Waals surface area contributed by atoms with Gasteiger partial charge in [-0.05, 0) is 29.3 Å². The van der Waals surface area contributed by atoms with Crippen LogP contribution in [0.1, 0.15) is 16.8 Å². The summed E-state index contributed by atoms with van der Waals surface area (Å²) in [6, 6.07) is 24.3. The Morgan fingerprint density at radius 1 is 0.879 bits per heavy atom. The molecule has 3 heterocycles. The number of benzene rings is 2. The van der Waals surface area contributed by atoms with Gasteiger partial charge in [-0.3, -0.25) is 9.69 Å². The fourth-order valence-corrected chi connectivity index (χ4v) is 4.29. The SMILES string of the molecule is O=C(COc1ccccc1Cc1ccccc1)N1CCN(Cc2cn3ccccc3n2)CC1. The molecule has 0 saturated carbocycles. The van der Waals surface area contributed by atoms with Gasteiger partial charge in [-0.1, -0.05) is 54.6 Å². The molecule has 0 atom stereocenters. The van der Waals surface area contributed by atoms with Crippen LogP contribution in [0.4, 0.5) is 0 Å². The average molecular weight is 441 g/mol. The Morgan fingerprint density at radius 2 is 1.64 bits per heavy atom. The highest BCUT2D eigenvalue weighted by atomic mass is 16.5. The summed E-state index contributed by atoms with van der Waals surface area (Å²) in [6.45, 7) is 3.96. The molecule has 33 heavy (non-hydrogen) atoms. The van der Waals surface area contributed by atoms with Crippen molar-refractivity contribution in [1.29, 1.82) is 0 Å². The summed E-state index contributed by atoms with van der Waals surface area (Å²) in [5.41, 5.74) is 4.33. The molecule has 168 valence electrons. The molecule has 6 heteroatoms. The number of aromatic nitrogens is 2. The zero-order chi connectivity index (χ0) is 22.5. The number of para-hydroxylation sites is 1. The molecule has 1 amide bonds. The standard InChI is InChI=1S/C27H28N4O2/c32-27(21-33-25-11-5-4-10-23(25)18-22-8-2-1-3-9-22)30-16-14-29(15-17-30)19-24-20-31-13-7-6-12-26(31)28-24/h1-13,20H,14-19,21H2. The van der Waals surface area contributed by atoms with E-state index < -0.39 is 0 Å². The van der Waals surface area contributed by atoms with E-state index in [1.54, 1.807) is 0 Å². The van der Waals surface area contributed by atoms with E-state index in [2.05, 4.69) is 34.3 Å². The van der Waals surface area contributed by atoms with Crippen LogP contribution in [0.25, 0.3) is 5.65 Å². The number of pyridine rings is 1. The first kappa shape index (κ1) is 21.2. The van der Waals surface area contributed by atoms with Gasteiger partial charge in [-0.15, -0.1) is 0 Å². The van der Waals surface area contributed by atoms with E-state index in [9.17, 15) is 4.79 Å². The lowest BCUT2D eigenvalue weighted by Crippen LogP contribution is -2.49. The molecule has 2 aromatic heterocycles. The third kappa shape index (κ3) is 5.23. The molecule has 5 rings (SSSR count). The summed E-state index contributed by atoms with van der Waals surface area (Å²) in [7, 11) is 0. The van der Waals surface area contributed by atoms with Crippen LogP contribution in [0.3, 0.4) is 0 Å². The third-order valence-electron chi connectivity index (χ3n) is 6.09. The minimum absolute atomic E-state index is 0.0388. The summed E-state index contributed by atoms with van der Waals surface area (Å²) in [5, 5.41) is 0. The van der Waals surface area contributed by atoms with Crippen LogP contribution in [-0.4, -0.2) is 57.9 Å². The lowest BCUT2D eigenvalue weighted by atomic mass is 10.0. The number of nitrogens with zero attached hydrogens (tertiary/aromatic N) is 4. The molecule has 2 aromatic carbocycles. The molecule has 0 N–H and O–H groups in total. The molecule has 0 bridgehead atoms. The van der Waals surface area contributed by atoms with E-state index in [0.29, 0.717) is 13.1 Å². The molecule has 0 spiro atoms. The van der Waals surface area contributed by atoms with Gasteiger partial charge in [-0.2, -0.15) is 0 Å². The van der Waals surface area contributed by atoms with Gasteiger partial charge < -0.3 is 14.0 Å². The lowest BCUT2D eigenvalue weighted by Gasteiger charge is -2.34. The highest BCUT2D eigenvalue weighted by Gasteiger charge is 2.22. The number of hydrogen-bond donors (Lipinski definition) is 0. The Bertz CT molecular complexity index is 1180. The van der Waals surface area contributed by atoms with E-state index in [0.717, 1.165) is 48.7 Å². The largest absolute Gasteiger partial charge is 0.483 e. The minimum atomic E-state index is 0.0388. The molecule has 1 aliphatic rings. The van der Waals surface area contributed by atoms with Crippen LogP contribution in [0.2, 0.25) is 0 Å². The van der Waals surface area contributed by atoms with Crippen LogP contribution in [0, 0.1) is 0 Å². The van der Waals surface area contributed by atoms with Crippen molar-refractivity contribution in [3.63, 3.8) is 0 Å². The summed E-state index contributed by atoms with van der Waals surface area (Å²) in [4.78, 5) is 21.7. The van der Waals surface area contributed by atoms with Crippen molar-refractivity contribution in [1.82, 2.24) is 19.2 Å². The normalized spacial score (nSPS) is 14.5. The number of amides is 1. The van der Waals surface area contributed by atoms with Crippen molar-refractivity contribution in [2.45, 2.75) is 13.0 Å². The van der Waals surface area contributed by atoms with Crippen LogP contribution in [-0.2, 0) is 17.8 Å². The molecule has 1 aliphatic heterocycles. The highest BCUT2D eigenvalue weighted by Crippen LogP contribution is 2.21. The summed E-state index contributed by atoms with van der Waals surface area (Å²) < 4.78 is 8.01. The summed E-state index contributed by atoms with van der Waals surface area (Å²) in [6.07, 6.45) is 4.88. The molecule has 1 fully saturated rings. The van der Waals surface area contributed by atoms with Gasteiger partial charge in [-0.25, -0.2) is 4.98 Å². The number of rotatable bonds is 7. The van der Waals surface area contributed by atoms with Crippen molar-refractivity contribution < 1.29 is 9.53 Å². The first-order valence-corrected chi connectivity index (χ1v) is 11.4. The van der Waals surface area contributed by atoms with Gasteiger partial charge >= 0.3 is 0 Å². The van der Waals surface area contributed by atoms with Crippen LogP contribution in [0.5, 0.6) is 5.75 Å². The van der Waals surface area contributed by atoms with Crippen molar-refractivity contribution in [3.05, 3.63) is 102 Å². The Kier molecular flexibility index (Phi) is 6.35. The molecule has 0 unspecified atom stereocenters. The second kappa shape index (κ2) is 9.88. The first-order valence-electron chi connectivity index (χ1n) is 11.4. The van der Waals surface area contributed by atoms with Crippen molar-refractivity contribution in [2.24, 2.45) is 0 Å². The molecule has 6 nitrogen and oxygen atoms in total. The Morgan fingerprint density at radius 3 is 2.45 bits per heavy atom. The van der Waals surface area contributed by atoms with E-state index in [4.69, 9.17) is 4.74 Å². The van der Waals surface area contributed by atoms with E-state index >= 15 is 0 Å². The van der Waals surface area contributed by atoms with Crippen LogP contribution < -0.4 is 4.74 Å². The smallest absolute Gasteiger partial charge is 0.260 e. The molecular weight excluding hydrogens is 412 g/mol. The lowest BCUT2D eigenvalue weighted by molar-refractivity contribution is -0.135. The number of carbonyl (C=O) groups excluding carboxylic acids is 1. The monoisotopic (exact) mass is 440 g/mol. The zero-order valence-corrected chi connectivity index (χ0v) is 18.6. The van der Waals surface area contributed by atoms with E-state index in [1.807, 2.05) is 70.1 Å². The predicted octanol–water partition coefficient (Wildman–Crippen LogP) is 3.65. The number of hydrogen-bond acceptors (Lipinski definition) is 4. The average Bonchev–Trinajstić information content (AvgIpc) is 3.27. The molecule has 0 radical (unpaired) electrons. The van der Waals surface area contributed by atoms with Crippen LogP contribution in [0.15, 0.2) is 85.2 Å². The Hall–Kier alpha value is -3.64. The quantitative estimate of drug-likeness (QED) is 0.440. The van der Waals surface area contributed by atoms with Crippen molar-refractivity contribution in [2.75, 3.05) is 32.8 Å². The van der Waals surface area contributed by atoms with Gasteiger partial charge in [0.1, 0.15) is 11.4 Å². The number of piperazine rings is 1. The minimum Gasteiger partial charge on any atom is -0.483 e. The first-order chi connectivity index (χ1) is 16.2. The maximum Gasteiger partial charge on any atom is 0.260 e. The van der Waals surface area contributed by atoms with Crippen molar-refractivity contribution >= 4 is 11.6 Å². The number of carbonyl (C=O) groups is 1. The predicted molar refractivity (Wildman–Crippen MR) is 128 cm³/mol. The van der Waals surface area contributed by atoms with Gasteiger partial charge in [0.15, 0.2) is 6.61 Å². The van der Waals surface area contributed by atoms with E-state index in [1.165, 1.54) is 5.56 Å². The number of ether oxygens (including phenoxy) is 1. The van der Waals surface area contributed by atoms with Gasteiger partial charge in [0.05, 0.1) is 5.69 Å². The highest BCUT2D eigenvalue weighted by molar-refractivity contribution is 5.78. The fraction of sp³-hybridized carbons (Fsp3) is 0.259. The van der Waals surface area contributed by atoms with Gasteiger partial charge in [0.25, 0.3) is 5.91 Å². The maximum absolute atomic E-state index is 12.8. The fourth-order valence-electron chi connectivity index (χ4n) is 4.29. The number of imidazole rings is 1. The van der Waals surface area contributed by atoms with E-state index in [-0.39, 0.29) is 12.5 Å². The second-order valence-corrected chi connectivity index (χ2v) is 8.41. The Balaban J connectivity index is 1.12. The molecule has 1 saturated heterocycles. The van der Waals surface area contributed by atoms with Crippen molar-refractivity contribution in [3.8, 4) is 5.75 Å². The summed E-state index contributed by atoms with van der Waals surface area (Å²) in [5.74, 6) is 0.817. The van der Waals surface area contributed by atoms with Gasteiger partial charge in [0.2, 0.25) is 0 Å². The second-order valence-electron chi connectivity index (χ2n) is 8.41. The summed E-state index contributed by atoms with van der Waals surface area (Å²) >= 11 is 0. The Labute approximate surface area is 194 Å². The topological polar surface area (TPSA) is 50.1 Å². The number of fused-ring (bicyclic) bond motifs is 1.